The molecule has 1 aromatic rings. The van der Waals surface area contributed by atoms with Crippen molar-refractivity contribution < 1.29 is 0 Å². The second-order valence-electron chi connectivity index (χ2n) is 5.39. The number of benzene rings is 1. The highest BCUT2D eigenvalue weighted by Crippen LogP contribution is 2.52. The van der Waals surface area contributed by atoms with Crippen LogP contribution in [-0.4, -0.2) is 0 Å². The van der Waals surface area contributed by atoms with Gasteiger partial charge in [-0.05, 0) is 67.6 Å². The number of fused-ring (bicyclic) bond motifs is 3. The third-order valence-electron chi connectivity index (χ3n) is 4.63. The van der Waals surface area contributed by atoms with Gasteiger partial charge < -0.3 is 0 Å². The Labute approximate surface area is 119 Å². The molecule has 4 rings (SSSR count). The van der Waals surface area contributed by atoms with Crippen LogP contribution in [0.4, 0.5) is 0 Å². The Morgan fingerprint density at radius 2 is 1.53 bits per heavy atom. The van der Waals surface area contributed by atoms with Gasteiger partial charge in [0.15, 0.2) is 0 Å². The van der Waals surface area contributed by atoms with Crippen LogP contribution in [0.1, 0.15) is 44.1 Å². The Bertz CT molecular complexity index is 392. The Morgan fingerprint density at radius 1 is 0.941 bits per heavy atom. The van der Waals surface area contributed by atoms with Crippen molar-refractivity contribution >= 4 is 35.6 Å². The van der Waals surface area contributed by atoms with Crippen LogP contribution in [0.2, 0.25) is 10.0 Å². The van der Waals surface area contributed by atoms with Crippen molar-refractivity contribution in [2.75, 3.05) is 0 Å². The first kappa shape index (κ1) is 13.5. The molecule has 2 bridgehead atoms. The minimum absolute atomic E-state index is 0. The summed E-state index contributed by atoms with van der Waals surface area (Å²) in [6.45, 7) is 0. The first-order valence-electron chi connectivity index (χ1n) is 6.15. The maximum Gasteiger partial charge on any atom is 0.0595 e. The summed E-state index contributed by atoms with van der Waals surface area (Å²) in [4.78, 5) is 0. The Morgan fingerprint density at radius 3 is 2.06 bits per heavy atom. The summed E-state index contributed by atoms with van der Waals surface area (Å²) in [7, 11) is 0. The molecule has 3 heteroatoms. The highest BCUT2D eigenvalue weighted by atomic mass is 35.5. The van der Waals surface area contributed by atoms with Gasteiger partial charge in [-0.25, -0.2) is 0 Å². The summed E-state index contributed by atoms with van der Waals surface area (Å²) in [5, 5.41) is 1.38. The molecule has 0 atom stereocenters. The van der Waals surface area contributed by atoms with E-state index >= 15 is 0 Å². The zero-order valence-corrected chi connectivity index (χ0v) is 12.0. The van der Waals surface area contributed by atoms with Crippen LogP contribution in [0.15, 0.2) is 18.2 Å². The van der Waals surface area contributed by atoms with Crippen molar-refractivity contribution in [2.45, 2.75) is 43.9 Å². The summed E-state index contributed by atoms with van der Waals surface area (Å²) in [6.07, 6.45) is 8.24. The number of rotatable bonds is 1. The highest BCUT2D eigenvalue weighted by Gasteiger charge is 2.41. The van der Waals surface area contributed by atoms with E-state index in [0.29, 0.717) is 15.5 Å². The highest BCUT2D eigenvalue weighted by molar-refractivity contribution is 6.42. The van der Waals surface area contributed by atoms with Gasteiger partial charge in [-0.2, -0.15) is 0 Å². The van der Waals surface area contributed by atoms with Gasteiger partial charge in [-0.15, -0.1) is 12.4 Å². The molecule has 0 heterocycles. The van der Waals surface area contributed by atoms with Gasteiger partial charge in [0.25, 0.3) is 0 Å². The average molecular weight is 292 g/mol. The lowest BCUT2D eigenvalue weighted by Gasteiger charge is -2.47. The van der Waals surface area contributed by atoms with Gasteiger partial charge in [0.05, 0.1) is 10.0 Å². The predicted molar refractivity (Wildman–Crippen MR) is 76.6 cm³/mol. The average Bonchev–Trinajstić information content (AvgIpc) is 2.35. The van der Waals surface area contributed by atoms with E-state index in [-0.39, 0.29) is 12.4 Å². The summed E-state index contributed by atoms with van der Waals surface area (Å²) in [6, 6.07) is 6.23. The van der Waals surface area contributed by atoms with Crippen molar-refractivity contribution in [2.24, 2.45) is 5.92 Å². The maximum absolute atomic E-state index is 6.13. The lowest BCUT2D eigenvalue weighted by molar-refractivity contribution is 0.136. The van der Waals surface area contributed by atoms with Crippen molar-refractivity contribution in [1.29, 1.82) is 0 Å². The van der Waals surface area contributed by atoms with Crippen LogP contribution < -0.4 is 0 Å². The van der Waals surface area contributed by atoms with Crippen molar-refractivity contribution in [1.82, 2.24) is 0 Å². The van der Waals surface area contributed by atoms with Crippen LogP contribution in [0.25, 0.3) is 0 Å². The smallest absolute Gasteiger partial charge is 0.0595 e. The van der Waals surface area contributed by atoms with Crippen LogP contribution >= 0.6 is 35.6 Å². The Balaban J connectivity index is 0.00000108. The first-order chi connectivity index (χ1) is 7.70. The second kappa shape index (κ2) is 4.99. The lowest BCUT2D eigenvalue weighted by atomic mass is 9.58. The van der Waals surface area contributed by atoms with Crippen molar-refractivity contribution in [3.05, 3.63) is 33.8 Å². The predicted octanol–water partition coefficient (Wildman–Crippen LogP) is 5.64. The molecule has 0 saturated heterocycles. The van der Waals surface area contributed by atoms with Crippen molar-refractivity contribution in [3.63, 3.8) is 0 Å². The summed E-state index contributed by atoms with van der Waals surface area (Å²) in [5.41, 5.74) is 1.84. The van der Waals surface area contributed by atoms with Gasteiger partial charge in [0.2, 0.25) is 0 Å². The SMILES string of the molecule is Cl.Clc1ccc(C23CCC(CC2)CC3)cc1Cl. The second-order valence-corrected chi connectivity index (χ2v) is 6.21. The van der Waals surface area contributed by atoms with E-state index in [4.69, 9.17) is 23.2 Å². The third kappa shape index (κ3) is 2.32. The molecule has 0 radical (unpaired) electrons. The Kier molecular flexibility index (Phi) is 3.97. The molecular formula is C14H17Cl3. The standard InChI is InChI=1S/C14H16Cl2.ClH/c15-12-2-1-11(9-13(12)16)14-6-3-10(4-7-14)5-8-14;/h1-2,9-10H,3-8H2;1H. The van der Waals surface area contributed by atoms with E-state index in [1.807, 2.05) is 6.07 Å². The fourth-order valence-electron chi connectivity index (χ4n) is 3.51. The lowest BCUT2D eigenvalue weighted by Crippen LogP contribution is -2.37. The molecule has 0 nitrogen and oxygen atoms in total. The molecule has 3 saturated carbocycles. The molecule has 3 aliphatic carbocycles. The zero-order chi connectivity index (χ0) is 11.2. The summed E-state index contributed by atoms with van der Waals surface area (Å²) >= 11 is 12.1. The molecule has 94 valence electrons. The van der Waals surface area contributed by atoms with Gasteiger partial charge in [0.1, 0.15) is 0 Å². The number of hydrogen-bond donors (Lipinski definition) is 0. The van der Waals surface area contributed by atoms with Crippen LogP contribution in [0, 0.1) is 5.92 Å². The third-order valence-corrected chi connectivity index (χ3v) is 5.36. The van der Waals surface area contributed by atoms with E-state index in [1.54, 1.807) is 0 Å². The largest absolute Gasteiger partial charge is 0.147 e. The van der Waals surface area contributed by atoms with Crippen molar-refractivity contribution in [3.8, 4) is 0 Å². The van der Waals surface area contributed by atoms with E-state index in [2.05, 4.69) is 12.1 Å². The molecule has 0 aliphatic heterocycles. The number of hydrogen-bond acceptors (Lipinski definition) is 0. The molecule has 3 aliphatic rings. The van der Waals surface area contributed by atoms with Crippen LogP contribution in [0.5, 0.6) is 0 Å². The van der Waals surface area contributed by atoms with Crippen LogP contribution in [0.3, 0.4) is 0 Å². The topological polar surface area (TPSA) is 0 Å². The molecule has 0 unspecified atom stereocenters. The molecule has 0 spiro atoms. The van der Waals surface area contributed by atoms with E-state index in [0.717, 1.165) is 5.92 Å². The molecule has 17 heavy (non-hydrogen) atoms. The fourth-order valence-corrected chi connectivity index (χ4v) is 3.81. The molecular weight excluding hydrogens is 275 g/mol. The number of halogens is 3. The van der Waals surface area contributed by atoms with Crippen LogP contribution in [-0.2, 0) is 5.41 Å². The quantitative estimate of drug-likeness (QED) is 0.628. The zero-order valence-electron chi connectivity index (χ0n) is 9.72. The minimum Gasteiger partial charge on any atom is -0.147 e. The molecule has 3 fully saturated rings. The van der Waals surface area contributed by atoms with E-state index < -0.39 is 0 Å². The monoisotopic (exact) mass is 290 g/mol. The van der Waals surface area contributed by atoms with E-state index in [9.17, 15) is 0 Å². The molecule has 1 aromatic carbocycles. The summed E-state index contributed by atoms with van der Waals surface area (Å²) in [5.74, 6) is 1.00. The normalized spacial score (nSPS) is 31.1. The molecule has 0 aromatic heterocycles. The van der Waals surface area contributed by atoms with Gasteiger partial charge in [-0.3, -0.25) is 0 Å². The summed E-state index contributed by atoms with van der Waals surface area (Å²) < 4.78 is 0. The Hall–Kier alpha value is 0.0900. The van der Waals surface area contributed by atoms with Gasteiger partial charge in [-0.1, -0.05) is 29.3 Å². The van der Waals surface area contributed by atoms with E-state index in [1.165, 1.54) is 44.1 Å². The molecule has 0 N–H and O–H groups in total. The first-order valence-corrected chi connectivity index (χ1v) is 6.91. The van der Waals surface area contributed by atoms with Gasteiger partial charge in [0, 0.05) is 0 Å². The minimum atomic E-state index is 0. The van der Waals surface area contributed by atoms with Gasteiger partial charge >= 0.3 is 0 Å². The maximum atomic E-state index is 6.13. The fraction of sp³-hybridized carbons (Fsp3) is 0.571. The molecule has 0 amide bonds.